The van der Waals surface area contributed by atoms with Crippen molar-refractivity contribution < 1.29 is 4.74 Å². The van der Waals surface area contributed by atoms with E-state index in [1.807, 2.05) is 42.5 Å². The summed E-state index contributed by atoms with van der Waals surface area (Å²) in [6, 6.07) is 22.4. The Kier molecular flexibility index (Phi) is 4.31. The lowest BCUT2D eigenvalue weighted by molar-refractivity contribution is 0.344. The highest BCUT2D eigenvalue weighted by Gasteiger charge is 2.00. The molecule has 0 spiro atoms. The highest BCUT2D eigenvalue weighted by molar-refractivity contribution is 7.99. The molecule has 0 aromatic heterocycles. The lowest BCUT2D eigenvalue weighted by atomic mass is 10.1. The van der Waals surface area contributed by atoms with Crippen LogP contribution in [0.2, 0.25) is 0 Å². The van der Waals surface area contributed by atoms with Gasteiger partial charge < -0.3 is 10.5 Å². The average molecular weight is 295 g/mol. The Balaban J connectivity index is 1.56. The lowest BCUT2D eigenvalue weighted by Gasteiger charge is -2.08. The van der Waals surface area contributed by atoms with Crippen molar-refractivity contribution in [2.75, 3.05) is 18.1 Å². The van der Waals surface area contributed by atoms with Gasteiger partial charge in [-0.05, 0) is 35.0 Å². The molecule has 3 rings (SSSR count). The summed E-state index contributed by atoms with van der Waals surface area (Å²) >= 11 is 1.72. The Morgan fingerprint density at radius 3 is 2.48 bits per heavy atom. The fourth-order valence-electron chi connectivity index (χ4n) is 2.18. The SMILES string of the molecule is Nc1ccccc1SCCOc1ccc2ccccc2c1. The largest absolute Gasteiger partial charge is 0.493 e. The second-order valence-electron chi connectivity index (χ2n) is 4.74. The van der Waals surface area contributed by atoms with Crippen molar-refractivity contribution in [2.45, 2.75) is 4.90 Å². The van der Waals surface area contributed by atoms with E-state index in [0.717, 1.165) is 22.1 Å². The van der Waals surface area contributed by atoms with Crippen LogP contribution in [0.5, 0.6) is 5.75 Å². The molecule has 2 nitrogen and oxygen atoms in total. The molecule has 0 atom stereocenters. The summed E-state index contributed by atoms with van der Waals surface area (Å²) in [6.45, 7) is 0.664. The first-order valence-corrected chi connectivity index (χ1v) is 7.90. The van der Waals surface area contributed by atoms with Crippen molar-refractivity contribution in [3.8, 4) is 5.75 Å². The normalized spacial score (nSPS) is 10.7. The van der Waals surface area contributed by atoms with Crippen LogP contribution in [0.3, 0.4) is 0 Å². The van der Waals surface area contributed by atoms with Gasteiger partial charge in [0.25, 0.3) is 0 Å². The smallest absolute Gasteiger partial charge is 0.119 e. The number of thioether (sulfide) groups is 1. The van der Waals surface area contributed by atoms with Crippen LogP contribution >= 0.6 is 11.8 Å². The molecule has 0 aliphatic carbocycles. The van der Waals surface area contributed by atoms with E-state index >= 15 is 0 Å². The molecule has 0 fully saturated rings. The topological polar surface area (TPSA) is 35.2 Å². The maximum Gasteiger partial charge on any atom is 0.119 e. The van der Waals surface area contributed by atoms with Gasteiger partial charge in [-0.15, -0.1) is 11.8 Å². The molecule has 0 saturated carbocycles. The summed E-state index contributed by atoms with van der Waals surface area (Å²) < 4.78 is 5.81. The van der Waals surface area contributed by atoms with Gasteiger partial charge in [-0.2, -0.15) is 0 Å². The minimum absolute atomic E-state index is 0.664. The minimum atomic E-state index is 0.664. The van der Waals surface area contributed by atoms with Crippen molar-refractivity contribution in [1.29, 1.82) is 0 Å². The van der Waals surface area contributed by atoms with Gasteiger partial charge in [-0.3, -0.25) is 0 Å². The molecule has 0 bridgehead atoms. The molecule has 3 heteroatoms. The van der Waals surface area contributed by atoms with Crippen molar-refractivity contribution in [2.24, 2.45) is 0 Å². The summed E-state index contributed by atoms with van der Waals surface area (Å²) in [5, 5.41) is 2.44. The molecule has 0 saturated heterocycles. The maximum atomic E-state index is 5.91. The van der Waals surface area contributed by atoms with Crippen LogP contribution in [0.4, 0.5) is 5.69 Å². The van der Waals surface area contributed by atoms with E-state index in [9.17, 15) is 0 Å². The quantitative estimate of drug-likeness (QED) is 0.425. The Labute approximate surface area is 128 Å². The summed E-state index contributed by atoms with van der Waals surface area (Å²) in [4.78, 5) is 1.11. The Bertz CT molecular complexity index is 742. The Morgan fingerprint density at radius 1 is 0.857 bits per heavy atom. The van der Waals surface area contributed by atoms with Crippen LogP contribution in [0.15, 0.2) is 71.6 Å². The molecule has 0 radical (unpaired) electrons. The zero-order valence-corrected chi connectivity index (χ0v) is 12.5. The van der Waals surface area contributed by atoms with E-state index in [-0.39, 0.29) is 0 Å². The number of ether oxygens (including phenoxy) is 1. The van der Waals surface area contributed by atoms with Gasteiger partial charge in [0, 0.05) is 16.3 Å². The molecule has 0 unspecified atom stereocenters. The Hall–Kier alpha value is -2.13. The third-order valence-electron chi connectivity index (χ3n) is 3.25. The Morgan fingerprint density at radius 2 is 1.62 bits per heavy atom. The van der Waals surface area contributed by atoms with Crippen LogP contribution in [0, 0.1) is 0 Å². The zero-order chi connectivity index (χ0) is 14.5. The lowest BCUT2D eigenvalue weighted by Crippen LogP contribution is -2.00. The fraction of sp³-hybridized carbons (Fsp3) is 0.111. The first-order valence-electron chi connectivity index (χ1n) is 6.92. The molecule has 0 aliphatic heterocycles. The van der Waals surface area contributed by atoms with Crippen molar-refractivity contribution in [3.05, 3.63) is 66.7 Å². The zero-order valence-electron chi connectivity index (χ0n) is 11.7. The average Bonchev–Trinajstić information content (AvgIpc) is 2.53. The van der Waals surface area contributed by atoms with Gasteiger partial charge in [0.15, 0.2) is 0 Å². The van der Waals surface area contributed by atoms with E-state index in [4.69, 9.17) is 10.5 Å². The summed E-state index contributed by atoms with van der Waals surface area (Å²) in [5.41, 5.74) is 6.74. The maximum absolute atomic E-state index is 5.91. The van der Waals surface area contributed by atoms with E-state index in [1.165, 1.54) is 10.8 Å². The highest BCUT2D eigenvalue weighted by Crippen LogP contribution is 2.25. The summed E-state index contributed by atoms with van der Waals surface area (Å²) in [5.74, 6) is 1.79. The molecule has 0 aliphatic rings. The van der Waals surface area contributed by atoms with Crippen LogP contribution in [0.25, 0.3) is 10.8 Å². The van der Waals surface area contributed by atoms with Crippen LogP contribution in [-0.2, 0) is 0 Å². The van der Waals surface area contributed by atoms with Crippen LogP contribution in [-0.4, -0.2) is 12.4 Å². The molecule has 2 N–H and O–H groups in total. The first kappa shape index (κ1) is 13.8. The van der Waals surface area contributed by atoms with Gasteiger partial charge >= 0.3 is 0 Å². The molecule has 106 valence electrons. The predicted octanol–water partition coefficient (Wildman–Crippen LogP) is 4.59. The van der Waals surface area contributed by atoms with E-state index < -0.39 is 0 Å². The molecular formula is C18H17NOS. The summed E-state index contributed by atoms with van der Waals surface area (Å²) in [6.07, 6.45) is 0. The van der Waals surface area contributed by atoms with Crippen molar-refractivity contribution in [3.63, 3.8) is 0 Å². The molecule has 21 heavy (non-hydrogen) atoms. The first-order chi connectivity index (χ1) is 10.3. The monoisotopic (exact) mass is 295 g/mol. The van der Waals surface area contributed by atoms with Gasteiger partial charge in [0.1, 0.15) is 5.75 Å². The number of hydrogen-bond acceptors (Lipinski definition) is 3. The molecule has 3 aromatic rings. The number of para-hydroxylation sites is 1. The van der Waals surface area contributed by atoms with Crippen LogP contribution in [0.1, 0.15) is 0 Å². The number of fused-ring (bicyclic) bond motifs is 1. The highest BCUT2D eigenvalue weighted by atomic mass is 32.2. The number of hydrogen-bond donors (Lipinski definition) is 1. The van der Waals surface area contributed by atoms with Crippen LogP contribution < -0.4 is 10.5 Å². The second kappa shape index (κ2) is 6.55. The molecule has 0 amide bonds. The standard InChI is InChI=1S/C18H17NOS/c19-17-7-3-4-8-18(17)21-12-11-20-16-10-9-14-5-1-2-6-15(14)13-16/h1-10,13H,11-12,19H2. The van der Waals surface area contributed by atoms with E-state index in [0.29, 0.717) is 6.61 Å². The predicted molar refractivity (Wildman–Crippen MR) is 91.0 cm³/mol. The number of nitrogens with two attached hydrogens (primary N) is 1. The molecule has 0 heterocycles. The molecular weight excluding hydrogens is 278 g/mol. The van der Waals surface area contributed by atoms with Gasteiger partial charge in [-0.25, -0.2) is 0 Å². The van der Waals surface area contributed by atoms with Gasteiger partial charge in [-0.1, -0.05) is 42.5 Å². The van der Waals surface area contributed by atoms with E-state index in [2.05, 4.69) is 24.3 Å². The van der Waals surface area contributed by atoms with Crippen molar-refractivity contribution >= 4 is 28.2 Å². The number of rotatable bonds is 5. The minimum Gasteiger partial charge on any atom is -0.493 e. The third kappa shape index (κ3) is 3.50. The van der Waals surface area contributed by atoms with Crippen molar-refractivity contribution in [1.82, 2.24) is 0 Å². The number of nitrogen functional groups attached to an aromatic ring is 1. The van der Waals surface area contributed by atoms with E-state index in [1.54, 1.807) is 11.8 Å². The van der Waals surface area contributed by atoms with Gasteiger partial charge in [0.05, 0.1) is 6.61 Å². The summed E-state index contributed by atoms with van der Waals surface area (Å²) in [7, 11) is 0. The number of anilines is 1. The van der Waals surface area contributed by atoms with Gasteiger partial charge in [0.2, 0.25) is 0 Å². The third-order valence-corrected chi connectivity index (χ3v) is 4.30. The fourth-order valence-corrected chi connectivity index (χ4v) is 2.98. The molecule has 3 aromatic carbocycles. The number of benzene rings is 3. The second-order valence-corrected chi connectivity index (χ2v) is 5.88.